The van der Waals surface area contributed by atoms with Crippen molar-refractivity contribution in [1.29, 1.82) is 0 Å². The van der Waals surface area contributed by atoms with Crippen LogP contribution in [0, 0.1) is 0 Å². The number of rotatable bonds is 3. The van der Waals surface area contributed by atoms with Gasteiger partial charge in [0.2, 0.25) is 0 Å². The van der Waals surface area contributed by atoms with Crippen LogP contribution in [0.1, 0.15) is 5.56 Å². The van der Waals surface area contributed by atoms with E-state index in [2.05, 4.69) is 66.4 Å². The minimum absolute atomic E-state index is 0.732. The zero-order valence-electron chi connectivity index (χ0n) is 10.6. The zero-order valence-corrected chi connectivity index (χ0v) is 13.8. The Bertz CT molecular complexity index is 731. The van der Waals surface area contributed by atoms with Gasteiger partial charge in [-0.1, -0.05) is 30.3 Å². The van der Waals surface area contributed by atoms with Gasteiger partial charge in [0.15, 0.2) is 0 Å². The topological polar surface area (TPSA) is 24.9 Å². The van der Waals surface area contributed by atoms with Crippen molar-refractivity contribution in [2.75, 3.05) is 5.32 Å². The van der Waals surface area contributed by atoms with E-state index >= 15 is 0 Å². The summed E-state index contributed by atoms with van der Waals surface area (Å²) in [6.45, 7) is 0.732. The van der Waals surface area contributed by atoms with Gasteiger partial charge in [-0.3, -0.25) is 4.98 Å². The fourth-order valence-corrected chi connectivity index (χ4v) is 3.44. The third-order valence-corrected chi connectivity index (χ3v) is 4.46. The molecule has 0 fully saturated rings. The Labute approximate surface area is 134 Å². The monoisotopic (exact) mass is 390 g/mol. The molecule has 0 amide bonds. The van der Waals surface area contributed by atoms with Crippen molar-refractivity contribution in [3.05, 3.63) is 69.2 Å². The normalized spacial score (nSPS) is 10.7. The van der Waals surface area contributed by atoms with Gasteiger partial charge >= 0.3 is 0 Å². The summed E-state index contributed by atoms with van der Waals surface area (Å²) in [5.74, 6) is 0. The highest BCUT2D eigenvalue weighted by Crippen LogP contribution is 2.31. The van der Waals surface area contributed by atoms with Crippen molar-refractivity contribution < 1.29 is 0 Å². The first-order valence-corrected chi connectivity index (χ1v) is 7.85. The predicted octanol–water partition coefficient (Wildman–Crippen LogP) is 5.37. The molecule has 0 atom stereocenters. The van der Waals surface area contributed by atoms with Crippen LogP contribution in [0.4, 0.5) is 5.69 Å². The molecule has 0 bridgehead atoms. The molecule has 2 aromatic carbocycles. The van der Waals surface area contributed by atoms with Crippen LogP contribution >= 0.6 is 31.9 Å². The van der Waals surface area contributed by atoms with Crippen LogP contribution in [0.2, 0.25) is 0 Å². The van der Waals surface area contributed by atoms with Crippen LogP contribution < -0.4 is 5.32 Å². The summed E-state index contributed by atoms with van der Waals surface area (Å²) in [7, 11) is 0. The number of anilines is 1. The molecule has 0 aliphatic rings. The van der Waals surface area contributed by atoms with Gasteiger partial charge in [0.25, 0.3) is 0 Å². The number of nitrogens with one attached hydrogen (secondary N) is 1. The quantitative estimate of drug-likeness (QED) is 0.648. The Morgan fingerprint density at radius 2 is 1.60 bits per heavy atom. The lowest BCUT2D eigenvalue weighted by atomic mass is 10.1. The Balaban J connectivity index is 1.91. The summed E-state index contributed by atoms with van der Waals surface area (Å²) in [5, 5.41) is 4.62. The van der Waals surface area contributed by atoms with E-state index in [1.54, 1.807) is 0 Å². The van der Waals surface area contributed by atoms with Crippen LogP contribution in [-0.2, 0) is 6.54 Å². The van der Waals surface area contributed by atoms with Gasteiger partial charge in [-0.2, -0.15) is 0 Å². The Morgan fingerprint density at radius 1 is 0.900 bits per heavy atom. The molecule has 1 N–H and O–H groups in total. The number of hydrogen-bond acceptors (Lipinski definition) is 2. The van der Waals surface area contributed by atoms with Gasteiger partial charge in [-0.15, -0.1) is 0 Å². The van der Waals surface area contributed by atoms with E-state index < -0.39 is 0 Å². The molecule has 3 rings (SSSR count). The van der Waals surface area contributed by atoms with Crippen molar-refractivity contribution in [1.82, 2.24) is 4.98 Å². The summed E-state index contributed by atoms with van der Waals surface area (Å²) >= 11 is 7.12. The van der Waals surface area contributed by atoms with Gasteiger partial charge in [0.1, 0.15) is 0 Å². The molecule has 0 aliphatic heterocycles. The molecular weight excluding hydrogens is 380 g/mol. The Kier molecular flexibility index (Phi) is 4.03. The summed E-state index contributed by atoms with van der Waals surface area (Å²) < 4.78 is 2.08. The van der Waals surface area contributed by atoms with Crippen molar-refractivity contribution in [2.24, 2.45) is 0 Å². The first kappa shape index (κ1) is 13.6. The van der Waals surface area contributed by atoms with Gasteiger partial charge in [0.05, 0.1) is 11.2 Å². The lowest BCUT2D eigenvalue weighted by molar-refractivity contribution is 1.15. The van der Waals surface area contributed by atoms with Gasteiger partial charge in [-0.05, 0) is 55.6 Å². The Morgan fingerprint density at radius 3 is 2.40 bits per heavy atom. The standard InChI is InChI=1S/C16H12Br2N2/c17-13-7-2-8-14(18)16(13)20-10-12-5-1-4-11-6-3-9-19-15(11)12/h1-9,20H,10H2. The fourth-order valence-electron chi connectivity index (χ4n) is 2.16. The van der Waals surface area contributed by atoms with E-state index in [9.17, 15) is 0 Å². The molecule has 4 heteroatoms. The molecule has 0 unspecified atom stereocenters. The molecule has 0 saturated carbocycles. The summed E-state index contributed by atoms with van der Waals surface area (Å²) in [5.41, 5.74) is 3.29. The van der Waals surface area contributed by atoms with E-state index in [1.165, 1.54) is 5.56 Å². The second kappa shape index (κ2) is 5.94. The minimum Gasteiger partial charge on any atom is -0.379 e. The third kappa shape index (κ3) is 2.72. The third-order valence-electron chi connectivity index (χ3n) is 3.13. The minimum atomic E-state index is 0.732. The average molecular weight is 392 g/mol. The van der Waals surface area contributed by atoms with E-state index in [0.717, 1.165) is 32.1 Å². The largest absolute Gasteiger partial charge is 0.379 e. The number of para-hydroxylation sites is 2. The smallest absolute Gasteiger partial charge is 0.0751 e. The first-order valence-electron chi connectivity index (χ1n) is 6.26. The van der Waals surface area contributed by atoms with E-state index in [1.807, 2.05) is 30.5 Å². The zero-order chi connectivity index (χ0) is 13.9. The van der Waals surface area contributed by atoms with Crippen molar-refractivity contribution >= 4 is 48.5 Å². The molecule has 1 aromatic heterocycles. The molecule has 0 radical (unpaired) electrons. The van der Waals surface area contributed by atoms with E-state index in [0.29, 0.717) is 0 Å². The number of hydrogen-bond donors (Lipinski definition) is 1. The molecule has 0 saturated heterocycles. The maximum atomic E-state index is 4.47. The average Bonchev–Trinajstić information content (AvgIpc) is 2.47. The van der Waals surface area contributed by atoms with Crippen molar-refractivity contribution in [3.63, 3.8) is 0 Å². The predicted molar refractivity (Wildman–Crippen MR) is 90.9 cm³/mol. The van der Waals surface area contributed by atoms with Crippen molar-refractivity contribution in [3.8, 4) is 0 Å². The Hall–Kier alpha value is -1.39. The van der Waals surface area contributed by atoms with Crippen LogP contribution in [0.25, 0.3) is 10.9 Å². The van der Waals surface area contributed by atoms with Crippen LogP contribution in [-0.4, -0.2) is 4.98 Å². The molecule has 2 nitrogen and oxygen atoms in total. The number of aromatic nitrogens is 1. The maximum Gasteiger partial charge on any atom is 0.0751 e. The highest BCUT2D eigenvalue weighted by Gasteiger charge is 2.06. The number of fused-ring (bicyclic) bond motifs is 1. The number of halogens is 2. The highest BCUT2D eigenvalue weighted by molar-refractivity contribution is 9.11. The van der Waals surface area contributed by atoms with Gasteiger partial charge in [-0.25, -0.2) is 0 Å². The lowest BCUT2D eigenvalue weighted by Gasteiger charge is -2.12. The SMILES string of the molecule is Brc1cccc(Br)c1NCc1cccc2cccnc12. The second-order valence-corrected chi connectivity index (χ2v) is 6.15. The van der Waals surface area contributed by atoms with Gasteiger partial charge < -0.3 is 5.32 Å². The number of pyridine rings is 1. The van der Waals surface area contributed by atoms with Gasteiger partial charge in [0, 0.05) is 27.1 Å². The molecule has 0 aliphatic carbocycles. The van der Waals surface area contributed by atoms with E-state index in [-0.39, 0.29) is 0 Å². The fraction of sp³-hybridized carbons (Fsp3) is 0.0625. The maximum absolute atomic E-state index is 4.47. The first-order chi connectivity index (χ1) is 9.75. The molecule has 100 valence electrons. The molecule has 20 heavy (non-hydrogen) atoms. The van der Waals surface area contributed by atoms with Crippen LogP contribution in [0.5, 0.6) is 0 Å². The second-order valence-electron chi connectivity index (χ2n) is 4.44. The van der Waals surface area contributed by atoms with E-state index in [4.69, 9.17) is 0 Å². The number of nitrogens with zero attached hydrogens (tertiary/aromatic N) is 1. The van der Waals surface area contributed by atoms with Crippen LogP contribution in [0.3, 0.4) is 0 Å². The summed E-state index contributed by atoms with van der Waals surface area (Å²) in [4.78, 5) is 4.47. The molecule has 0 spiro atoms. The molecular formula is C16H12Br2N2. The number of benzene rings is 2. The lowest BCUT2D eigenvalue weighted by Crippen LogP contribution is -2.02. The molecule has 1 heterocycles. The van der Waals surface area contributed by atoms with Crippen LogP contribution in [0.15, 0.2) is 63.7 Å². The summed E-state index contributed by atoms with van der Waals surface area (Å²) in [6.07, 6.45) is 1.83. The summed E-state index contributed by atoms with van der Waals surface area (Å²) in [6, 6.07) is 16.3. The van der Waals surface area contributed by atoms with Crippen molar-refractivity contribution in [2.45, 2.75) is 6.54 Å². The molecule has 3 aromatic rings. The highest BCUT2D eigenvalue weighted by atomic mass is 79.9.